The Morgan fingerprint density at radius 1 is 1.21 bits per heavy atom. The smallest absolute Gasteiger partial charge is 0.254 e. The SMILES string of the molecule is O=C1c2cc(CN3CCCC(F)C3)c3cccnc3c2CN1C1CCCCC1O. The third-order valence-electron chi connectivity index (χ3n) is 6.84. The van der Waals surface area contributed by atoms with Gasteiger partial charge in [-0.1, -0.05) is 18.9 Å². The number of carbonyl (C=O) groups excluding carboxylic acids is 1. The van der Waals surface area contributed by atoms with E-state index in [4.69, 9.17) is 0 Å². The Balaban J connectivity index is 1.51. The van der Waals surface area contributed by atoms with E-state index in [0.717, 1.165) is 60.7 Å². The van der Waals surface area contributed by atoms with Crippen LogP contribution in [0.15, 0.2) is 24.4 Å². The zero-order valence-electron chi connectivity index (χ0n) is 16.7. The lowest BCUT2D eigenvalue weighted by Crippen LogP contribution is -2.45. The molecule has 1 saturated heterocycles. The summed E-state index contributed by atoms with van der Waals surface area (Å²) in [5, 5.41) is 11.5. The molecule has 1 aromatic heterocycles. The van der Waals surface area contributed by atoms with Gasteiger partial charge in [0, 0.05) is 42.3 Å². The second-order valence-corrected chi connectivity index (χ2v) is 8.79. The third kappa shape index (κ3) is 3.42. The quantitative estimate of drug-likeness (QED) is 0.862. The van der Waals surface area contributed by atoms with E-state index < -0.39 is 12.3 Å². The number of pyridine rings is 1. The number of hydrogen-bond donors (Lipinski definition) is 1. The summed E-state index contributed by atoms with van der Waals surface area (Å²) >= 11 is 0. The van der Waals surface area contributed by atoms with E-state index in [1.807, 2.05) is 17.0 Å². The Morgan fingerprint density at radius 2 is 2.07 bits per heavy atom. The van der Waals surface area contributed by atoms with Gasteiger partial charge in [-0.25, -0.2) is 4.39 Å². The largest absolute Gasteiger partial charge is 0.391 e. The van der Waals surface area contributed by atoms with Gasteiger partial charge in [-0.2, -0.15) is 0 Å². The van der Waals surface area contributed by atoms with Crippen molar-refractivity contribution in [1.82, 2.24) is 14.8 Å². The van der Waals surface area contributed by atoms with Crippen LogP contribution in [0.2, 0.25) is 0 Å². The van der Waals surface area contributed by atoms with Crippen LogP contribution in [0, 0.1) is 0 Å². The van der Waals surface area contributed by atoms with Gasteiger partial charge in [0.25, 0.3) is 5.91 Å². The number of aliphatic hydroxyl groups is 1. The molecule has 3 heterocycles. The van der Waals surface area contributed by atoms with Crippen LogP contribution in [0.25, 0.3) is 10.9 Å². The van der Waals surface area contributed by atoms with Crippen LogP contribution in [-0.4, -0.2) is 57.2 Å². The van der Waals surface area contributed by atoms with Crippen molar-refractivity contribution in [3.8, 4) is 0 Å². The van der Waals surface area contributed by atoms with Crippen molar-refractivity contribution < 1.29 is 14.3 Å². The van der Waals surface area contributed by atoms with Crippen molar-refractivity contribution in [3.63, 3.8) is 0 Å². The molecule has 0 spiro atoms. The number of aromatic nitrogens is 1. The van der Waals surface area contributed by atoms with E-state index in [1.54, 1.807) is 6.20 Å². The number of amides is 1. The summed E-state index contributed by atoms with van der Waals surface area (Å²) in [6.07, 6.45) is 5.74. The number of rotatable bonds is 3. The maximum atomic E-state index is 13.9. The molecule has 1 amide bonds. The van der Waals surface area contributed by atoms with Gasteiger partial charge < -0.3 is 10.0 Å². The van der Waals surface area contributed by atoms with Crippen LogP contribution in [0.3, 0.4) is 0 Å². The van der Waals surface area contributed by atoms with Crippen LogP contribution in [-0.2, 0) is 13.1 Å². The lowest BCUT2D eigenvalue weighted by molar-refractivity contribution is 0.0192. The number of fused-ring (bicyclic) bond motifs is 3. The Kier molecular flexibility index (Phi) is 5.00. The number of alkyl halides is 1. The van der Waals surface area contributed by atoms with Gasteiger partial charge in [0.2, 0.25) is 0 Å². The predicted octanol–water partition coefficient (Wildman–Crippen LogP) is 3.43. The summed E-state index contributed by atoms with van der Waals surface area (Å²) in [5.41, 5.74) is 3.59. The molecule has 0 bridgehead atoms. The minimum atomic E-state index is -0.771. The fourth-order valence-corrected chi connectivity index (χ4v) is 5.36. The molecule has 1 aromatic carbocycles. The Bertz CT molecular complexity index is 934. The summed E-state index contributed by atoms with van der Waals surface area (Å²) in [4.78, 5) is 21.9. The van der Waals surface area contributed by atoms with E-state index in [9.17, 15) is 14.3 Å². The zero-order chi connectivity index (χ0) is 20.0. The molecular formula is C23H28FN3O2. The highest BCUT2D eigenvalue weighted by molar-refractivity contribution is 6.04. The minimum Gasteiger partial charge on any atom is -0.391 e. The zero-order valence-corrected chi connectivity index (χ0v) is 16.7. The van der Waals surface area contributed by atoms with E-state index in [1.165, 1.54) is 0 Å². The van der Waals surface area contributed by atoms with Crippen molar-refractivity contribution >= 4 is 16.8 Å². The molecule has 154 valence electrons. The van der Waals surface area contributed by atoms with E-state index >= 15 is 0 Å². The van der Waals surface area contributed by atoms with Gasteiger partial charge in [-0.3, -0.25) is 14.7 Å². The van der Waals surface area contributed by atoms with Gasteiger partial charge in [0.1, 0.15) is 6.17 Å². The number of likely N-dealkylation sites (tertiary alicyclic amines) is 1. The monoisotopic (exact) mass is 397 g/mol. The molecule has 3 atom stereocenters. The Morgan fingerprint density at radius 3 is 2.90 bits per heavy atom. The molecule has 3 unspecified atom stereocenters. The number of nitrogens with zero attached hydrogens (tertiary/aromatic N) is 3. The molecule has 2 fully saturated rings. The summed E-state index contributed by atoms with van der Waals surface area (Å²) in [5.74, 6) is 0.00163. The van der Waals surface area contributed by atoms with Crippen molar-refractivity contribution in [1.29, 1.82) is 0 Å². The molecule has 1 aliphatic carbocycles. The standard InChI is InChI=1S/C23H28FN3O2/c24-16-5-4-10-26(13-16)12-15-11-18-19(22-17(15)6-3-9-25-22)14-27(23(18)29)20-7-1-2-8-21(20)28/h3,6,9,11,16,20-21,28H,1-2,4-5,7-8,10,12-14H2. The van der Waals surface area contributed by atoms with Crippen LogP contribution in [0.5, 0.6) is 0 Å². The minimum absolute atomic E-state index is 0.00163. The first-order valence-electron chi connectivity index (χ1n) is 10.9. The number of piperidine rings is 1. The predicted molar refractivity (Wildman–Crippen MR) is 109 cm³/mol. The molecule has 5 rings (SSSR count). The van der Waals surface area contributed by atoms with Crippen LogP contribution in [0.4, 0.5) is 4.39 Å². The van der Waals surface area contributed by atoms with Crippen LogP contribution < -0.4 is 0 Å². The van der Waals surface area contributed by atoms with Crippen LogP contribution >= 0.6 is 0 Å². The van der Waals surface area contributed by atoms with Gasteiger partial charge in [0.05, 0.1) is 17.7 Å². The average Bonchev–Trinajstić information content (AvgIpc) is 3.05. The van der Waals surface area contributed by atoms with Gasteiger partial charge in [0.15, 0.2) is 0 Å². The fourth-order valence-electron chi connectivity index (χ4n) is 5.36. The summed E-state index contributed by atoms with van der Waals surface area (Å²) in [6.45, 7) is 2.48. The van der Waals surface area contributed by atoms with Gasteiger partial charge in [-0.05, 0) is 49.9 Å². The maximum absolute atomic E-state index is 13.9. The summed E-state index contributed by atoms with van der Waals surface area (Å²) < 4.78 is 13.9. The number of aliphatic hydroxyl groups excluding tert-OH is 1. The van der Waals surface area contributed by atoms with Gasteiger partial charge >= 0.3 is 0 Å². The van der Waals surface area contributed by atoms with Crippen molar-refractivity contribution in [3.05, 3.63) is 41.1 Å². The molecule has 1 saturated carbocycles. The second-order valence-electron chi connectivity index (χ2n) is 8.79. The average molecular weight is 397 g/mol. The van der Waals surface area contributed by atoms with Crippen molar-refractivity contribution in [2.24, 2.45) is 0 Å². The maximum Gasteiger partial charge on any atom is 0.254 e. The molecule has 29 heavy (non-hydrogen) atoms. The number of hydrogen-bond acceptors (Lipinski definition) is 4. The lowest BCUT2D eigenvalue weighted by atomic mass is 9.91. The number of benzene rings is 1. The van der Waals surface area contributed by atoms with E-state index in [2.05, 4.69) is 16.0 Å². The van der Waals surface area contributed by atoms with Crippen LogP contribution in [0.1, 0.15) is 60.0 Å². The highest BCUT2D eigenvalue weighted by atomic mass is 19.1. The molecule has 1 N–H and O–H groups in total. The third-order valence-corrected chi connectivity index (χ3v) is 6.84. The van der Waals surface area contributed by atoms with Gasteiger partial charge in [-0.15, -0.1) is 0 Å². The molecule has 2 aliphatic heterocycles. The second kappa shape index (κ2) is 7.65. The Labute approximate surface area is 170 Å². The summed E-state index contributed by atoms with van der Waals surface area (Å²) in [7, 11) is 0. The first-order valence-corrected chi connectivity index (χ1v) is 10.9. The highest BCUT2D eigenvalue weighted by Gasteiger charge is 2.38. The summed E-state index contributed by atoms with van der Waals surface area (Å²) in [6, 6.07) is 5.86. The lowest BCUT2D eigenvalue weighted by Gasteiger charge is -2.35. The first-order chi connectivity index (χ1) is 14.1. The molecule has 6 heteroatoms. The molecular weight excluding hydrogens is 369 g/mol. The normalized spacial score (nSPS) is 28.1. The van der Waals surface area contributed by atoms with Crippen molar-refractivity contribution in [2.45, 2.75) is 69.9 Å². The molecule has 2 aromatic rings. The van der Waals surface area contributed by atoms with E-state index in [-0.39, 0.29) is 11.9 Å². The van der Waals surface area contributed by atoms with Crippen molar-refractivity contribution in [2.75, 3.05) is 13.1 Å². The number of carbonyl (C=O) groups is 1. The molecule has 5 nitrogen and oxygen atoms in total. The number of halogens is 1. The molecule has 3 aliphatic rings. The fraction of sp³-hybridized carbons (Fsp3) is 0.565. The van der Waals surface area contributed by atoms with E-state index in [0.29, 0.717) is 31.6 Å². The first kappa shape index (κ1) is 18.9. The molecule has 0 radical (unpaired) electrons. The Hall–Kier alpha value is -2.05. The highest BCUT2D eigenvalue weighted by Crippen LogP contribution is 2.36. The topological polar surface area (TPSA) is 56.7 Å².